The van der Waals surface area contributed by atoms with Gasteiger partial charge in [0.1, 0.15) is 17.3 Å². The summed E-state index contributed by atoms with van der Waals surface area (Å²) >= 11 is 0. The van der Waals surface area contributed by atoms with Crippen LogP contribution in [0.25, 0.3) is 5.76 Å². The quantitative estimate of drug-likeness (QED) is 0.118. The first-order valence-electron chi connectivity index (χ1n) is 11.2. The number of benzene rings is 2. The highest BCUT2D eigenvalue weighted by Gasteiger charge is 2.47. The van der Waals surface area contributed by atoms with E-state index in [1.165, 1.54) is 43.4 Å². The van der Waals surface area contributed by atoms with Crippen molar-refractivity contribution in [3.8, 4) is 11.5 Å². The highest BCUT2D eigenvalue weighted by molar-refractivity contribution is 6.46. The number of likely N-dealkylation sites (tertiary alicyclic amines) is 1. The monoisotopic (exact) mass is 498 g/mol. The van der Waals surface area contributed by atoms with Crippen molar-refractivity contribution in [3.05, 3.63) is 69.3 Å². The van der Waals surface area contributed by atoms with Crippen LogP contribution in [0.5, 0.6) is 11.5 Å². The molecule has 0 saturated carbocycles. The Balaban J connectivity index is 2.09. The third kappa shape index (κ3) is 5.45. The number of rotatable bonds is 11. The van der Waals surface area contributed by atoms with Gasteiger partial charge in [-0.2, -0.15) is 0 Å². The number of unbranched alkanes of at least 4 members (excludes halogenated alkanes) is 2. The smallest absolute Gasteiger partial charge is 0.303 e. The Labute approximate surface area is 206 Å². The van der Waals surface area contributed by atoms with Gasteiger partial charge in [-0.25, -0.2) is 0 Å². The van der Waals surface area contributed by atoms with Crippen LogP contribution in [0.4, 0.5) is 5.69 Å². The zero-order chi connectivity index (χ0) is 26.4. The van der Waals surface area contributed by atoms with Gasteiger partial charge >= 0.3 is 5.97 Å². The molecule has 1 fully saturated rings. The van der Waals surface area contributed by atoms with Crippen molar-refractivity contribution >= 4 is 29.1 Å². The first-order chi connectivity index (χ1) is 17.2. The molecule has 1 unspecified atom stereocenters. The van der Waals surface area contributed by atoms with Gasteiger partial charge < -0.3 is 24.6 Å². The molecule has 1 heterocycles. The van der Waals surface area contributed by atoms with Crippen LogP contribution in [0.15, 0.2) is 48.0 Å². The zero-order valence-corrected chi connectivity index (χ0v) is 19.8. The number of ketones is 1. The number of nitrogens with zero attached hydrogens (tertiary/aromatic N) is 2. The van der Waals surface area contributed by atoms with Gasteiger partial charge in [-0.05, 0) is 43.2 Å². The van der Waals surface area contributed by atoms with Crippen LogP contribution in [0.3, 0.4) is 0 Å². The second-order valence-electron chi connectivity index (χ2n) is 8.11. The number of amides is 1. The lowest BCUT2D eigenvalue weighted by Crippen LogP contribution is -2.31. The molecular formula is C25H26N2O9. The number of Topliss-reactive ketones (excluding diaryl/α,β-unsaturated/α-hetero) is 1. The molecule has 1 amide bonds. The van der Waals surface area contributed by atoms with Crippen LogP contribution in [-0.2, 0) is 14.4 Å². The van der Waals surface area contributed by atoms with Gasteiger partial charge in [-0.1, -0.05) is 6.42 Å². The summed E-state index contributed by atoms with van der Waals surface area (Å²) in [5.41, 5.74) is 0.155. The Morgan fingerprint density at radius 2 is 1.72 bits per heavy atom. The number of hydrogen-bond donors (Lipinski definition) is 2. The number of non-ortho nitro benzene ring substituents is 1. The van der Waals surface area contributed by atoms with Crippen LogP contribution >= 0.6 is 0 Å². The van der Waals surface area contributed by atoms with Crippen molar-refractivity contribution in [2.24, 2.45) is 0 Å². The summed E-state index contributed by atoms with van der Waals surface area (Å²) in [6.07, 6.45) is 1.35. The zero-order valence-electron chi connectivity index (χ0n) is 19.8. The predicted octanol–water partition coefficient (Wildman–Crippen LogP) is 3.68. The summed E-state index contributed by atoms with van der Waals surface area (Å²) in [6, 6.07) is 8.83. The highest BCUT2D eigenvalue weighted by atomic mass is 16.6. The molecule has 2 aromatic rings. The standard InChI is InChI=1S/C25H26N2O9/c1-35-17-11-12-19(36-2)18(14-17)22-21(23(30)15-7-9-16(10-8-15)27(33)34)24(31)25(32)26(22)13-5-3-4-6-20(28)29/h7-12,14,22,30H,3-6,13H2,1-2H3,(H,28,29). The van der Waals surface area contributed by atoms with Gasteiger partial charge in [0.25, 0.3) is 17.4 Å². The lowest BCUT2D eigenvalue weighted by atomic mass is 9.94. The van der Waals surface area contributed by atoms with E-state index in [9.17, 15) is 29.6 Å². The molecule has 1 aliphatic heterocycles. The fourth-order valence-electron chi connectivity index (χ4n) is 4.12. The van der Waals surface area contributed by atoms with Crippen molar-refractivity contribution in [1.82, 2.24) is 4.90 Å². The molecule has 190 valence electrons. The number of ether oxygens (including phenoxy) is 2. The first kappa shape index (κ1) is 26.2. The fourth-order valence-corrected chi connectivity index (χ4v) is 4.12. The molecule has 1 aliphatic rings. The average molecular weight is 498 g/mol. The minimum atomic E-state index is -1.02. The van der Waals surface area contributed by atoms with Crippen LogP contribution < -0.4 is 9.47 Å². The second kappa shape index (κ2) is 11.3. The SMILES string of the molecule is COc1ccc(OC)c(C2C(=C(O)c3ccc([N+](=O)[O-])cc3)C(=O)C(=O)N2CCCCCC(=O)O)c1. The molecule has 11 nitrogen and oxygen atoms in total. The van der Waals surface area contributed by atoms with Gasteiger partial charge in [0, 0.05) is 36.2 Å². The Morgan fingerprint density at radius 3 is 2.31 bits per heavy atom. The summed E-state index contributed by atoms with van der Waals surface area (Å²) in [5, 5.41) is 31.0. The molecule has 36 heavy (non-hydrogen) atoms. The molecule has 0 bridgehead atoms. The number of carbonyl (C=O) groups excluding carboxylic acids is 2. The van der Waals surface area contributed by atoms with E-state index in [2.05, 4.69) is 0 Å². The maximum absolute atomic E-state index is 13.2. The maximum Gasteiger partial charge on any atom is 0.303 e. The van der Waals surface area contributed by atoms with E-state index in [0.29, 0.717) is 36.3 Å². The molecule has 0 aliphatic carbocycles. The third-order valence-corrected chi connectivity index (χ3v) is 5.91. The Morgan fingerprint density at radius 1 is 1.03 bits per heavy atom. The molecule has 11 heteroatoms. The van der Waals surface area contributed by atoms with E-state index in [-0.39, 0.29) is 29.8 Å². The number of methoxy groups -OCH3 is 2. The maximum atomic E-state index is 13.2. The van der Waals surface area contributed by atoms with Crippen LogP contribution in [0, 0.1) is 10.1 Å². The molecule has 1 atom stereocenters. The number of aliphatic carboxylic acids is 1. The summed E-state index contributed by atoms with van der Waals surface area (Å²) in [5.74, 6) is -2.34. The number of nitro groups is 1. The number of carboxylic acid groups (broad SMARTS) is 1. The topological polar surface area (TPSA) is 157 Å². The van der Waals surface area contributed by atoms with Gasteiger partial charge in [0.2, 0.25) is 0 Å². The van der Waals surface area contributed by atoms with E-state index < -0.39 is 34.4 Å². The number of hydrogen-bond acceptors (Lipinski definition) is 8. The number of carboxylic acids is 1. The van der Waals surface area contributed by atoms with Gasteiger partial charge in [0.15, 0.2) is 0 Å². The second-order valence-corrected chi connectivity index (χ2v) is 8.11. The molecule has 0 radical (unpaired) electrons. The van der Waals surface area contributed by atoms with E-state index in [1.807, 2.05) is 0 Å². The third-order valence-electron chi connectivity index (χ3n) is 5.91. The van der Waals surface area contributed by atoms with Crippen LogP contribution in [0.2, 0.25) is 0 Å². The summed E-state index contributed by atoms with van der Waals surface area (Å²) in [6.45, 7) is 0.131. The fraction of sp³-hybridized carbons (Fsp3) is 0.320. The summed E-state index contributed by atoms with van der Waals surface area (Å²) in [4.78, 5) is 48.7. The lowest BCUT2D eigenvalue weighted by Gasteiger charge is -2.27. The van der Waals surface area contributed by atoms with Crippen LogP contribution in [0.1, 0.15) is 42.9 Å². The molecule has 2 aromatic carbocycles. The van der Waals surface area contributed by atoms with E-state index in [4.69, 9.17) is 14.6 Å². The minimum Gasteiger partial charge on any atom is -0.507 e. The van der Waals surface area contributed by atoms with Crippen molar-refractivity contribution in [1.29, 1.82) is 0 Å². The Kier molecular flexibility index (Phi) is 8.26. The van der Waals surface area contributed by atoms with Crippen molar-refractivity contribution in [2.75, 3.05) is 20.8 Å². The molecule has 3 rings (SSSR count). The minimum absolute atomic E-state index is 0.00784. The lowest BCUT2D eigenvalue weighted by molar-refractivity contribution is -0.384. The van der Waals surface area contributed by atoms with Gasteiger partial charge in [-0.3, -0.25) is 24.5 Å². The normalized spacial score (nSPS) is 16.7. The molecule has 1 saturated heterocycles. The van der Waals surface area contributed by atoms with E-state index in [0.717, 1.165) is 0 Å². The van der Waals surface area contributed by atoms with E-state index >= 15 is 0 Å². The first-order valence-corrected chi connectivity index (χ1v) is 11.2. The van der Waals surface area contributed by atoms with E-state index in [1.54, 1.807) is 18.2 Å². The molecule has 0 spiro atoms. The largest absolute Gasteiger partial charge is 0.507 e. The molecular weight excluding hydrogens is 472 g/mol. The number of nitro benzene ring substituents is 1. The van der Waals surface area contributed by atoms with Crippen molar-refractivity contribution in [2.45, 2.75) is 31.7 Å². The van der Waals surface area contributed by atoms with Gasteiger partial charge in [0.05, 0.1) is 30.8 Å². The summed E-state index contributed by atoms with van der Waals surface area (Å²) < 4.78 is 10.8. The van der Waals surface area contributed by atoms with Crippen molar-refractivity contribution < 1.29 is 39.0 Å². The van der Waals surface area contributed by atoms with Gasteiger partial charge in [-0.15, -0.1) is 0 Å². The Hall–Kier alpha value is -4.41. The molecule has 0 aromatic heterocycles. The highest BCUT2D eigenvalue weighted by Crippen LogP contribution is 2.44. The molecule has 2 N–H and O–H groups in total. The number of aliphatic hydroxyl groups excluding tert-OH is 1. The average Bonchev–Trinajstić information content (AvgIpc) is 3.12. The predicted molar refractivity (Wildman–Crippen MR) is 128 cm³/mol. The number of carbonyl (C=O) groups is 3. The Bertz CT molecular complexity index is 1200. The van der Waals surface area contributed by atoms with Crippen LogP contribution in [-0.4, -0.2) is 58.5 Å². The number of aliphatic hydroxyl groups is 1. The van der Waals surface area contributed by atoms with Crippen molar-refractivity contribution in [3.63, 3.8) is 0 Å². The summed E-state index contributed by atoms with van der Waals surface area (Å²) in [7, 11) is 2.89.